The van der Waals surface area contributed by atoms with Gasteiger partial charge in [0.1, 0.15) is 5.75 Å². The number of methoxy groups -OCH3 is 1. The van der Waals surface area contributed by atoms with Crippen LogP contribution in [0.1, 0.15) is 19.3 Å². The van der Waals surface area contributed by atoms with Crippen molar-refractivity contribution in [3.8, 4) is 5.75 Å². The lowest BCUT2D eigenvalue weighted by Crippen LogP contribution is -2.38. The Hall–Kier alpha value is -2.35. The summed E-state index contributed by atoms with van der Waals surface area (Å²) < 4.78 is 5.18. The van der Waals surface area contributed by atoms with Crippen LogP contribution in [-0.4, -0.2) is 60.1 Å². The van der Waals surface area contributed by atoms with Crippen LogP contribution in [0.25, 0.3) is 0 Å². The number of rotatable bonds is 4. The molecule has 24 heavy (non-hydrogen) atoms. The number of carbonyl (C=O) groups excluding carboxylic acids is 1. The van der Waals surface area contributed by atoms with Gasteiger partial charge in [-0.15, -0.1) is 0 Å². The summed E-state index contributed by atoms with van der Waals surface area (Å²) in [5.74, 6) is 0.407. The second-order valence-corrected chi connectivity index (χ2v) is 6.20. The third-order valence-electron chi connectivity index (χ3n) is 4.74. The van der Waals surface area contributed by atoms with Gasteiger partial charge in [0, 0.05) is 31.3 Å². The molecule has 2 aliphatic rings. The predicted octanol–water partition coefficient (Wildman–Crippen LogP) is 2.31. The Morgan fingerprint density at radius 3 is 2.75 bits per heavy atom. The number of nitrogens with zero attached hydrogens (tertiary/aromatic N) is 3. The van der Waals surface area contributed by atoms with Crippen LogP contribution in [0.4, 0.5) is 16.2 Å². The highest BCUT2D eigenvalue weighted by Crippen LogP contribution is 2.29. The van der Waals surface area contributed by atoms with Gasteiger partial charge < -0.3 is 15.0 Å². The first-order valence-corrected chi connectivity index (χ1v) is 8.21. The third kappa shape index (κ3) is 3.43. The normalized spacial score (nSPS) is 21.0. The van der Waals surface area contributed by atoms with E-state index in [2.05, 4.69) is 10.2 Å². The Labute approximate surface area is 140 Å². The number of carbonyl (C=O) groups is 1. The topological polar surface area (TPSA) is 87.9 Å². The minimum absolute atomic E-state index is 0.0811. The number of nitro groups is 1. The number of anilines is 1. The molecule has 0 bridgehead atoms. The third-order valence-corrected chi connectivity index (χ3v) is 4.74. The predicted molar refractivity (Wildman–Crippen MR) is 89.5 cm³/mol. The second kappa shape index (κ2) is 7.04. The highest BCUT2D eigenvalue weighted by atomic mass is 16.6. The van der Waals surface area contributed by atoms with Gasteiger partial charge in [0.05, 0.1) is 17.7 Å². The number of nitrogens with one attached hydrogen (secondary N) is 1. The van der Waals surface area contributed by atoms with Crippen LogP contribution >= 0.6 is 0 Å². The maximum atomic E-state index is 12.5. The Balaban J connectivity index is 1.66. The highest BCUT2D eigenvalue weighted by Gasteiger charge is 2.31. The van der Waals surface area contributed by atoms with Crippen LogP contribution in [0, 0.1) is 10.1 Å². The molecule has 2 aliphatic heterocycles. The molecule has 8 heteroatoms. The number of benzene rings is 1. The zero-order chi connectivity index (χ0) is 17.1. The second-order valence-electron chi connectivity index (χ2n) is 6.20. The van der Waals surface area contributed by atoms with Gasteiger partial charge in [-0.2, -0.15) is 0 Å². The van der Waals surface area contributed by atoms with E-state index in [-0.39, 0.29) is 11.7 Å². The van der Waals surface area contributed by atoms with Crippen LogP contribution in [0.5, 0.6) is 5.75 Å². The van der Waals surface area contributed by atoms with E-state index in [9.17, 15) is 14.9 Å². The fourth-order valence-corrected chi connectivity index (χ4v) is 3.43. The molecule has 0 radical (unpaired) electrons. The fourth-order valence-electron chi connectivity index (χ4n) is 3.43. The Kier molecular flexibility index (Phi) is 4.84. The zero-order valence-electron chi connectivity index (χ0n) is 13.7. The molecule has 0 unspecified atom stereocenters. The lowest BCUT2D eigenvalue weighted by atomic mass is 10.2. The number of nitro benzene ring substituents is 1. The molecule has 2 fully saturated rings. The van der Waals surface area contributed by atoms with Crippen molar-refractivity contribution in [1.82, 2.24) is 9.80 Å². The first-order chi connectivity index (χ1) is 11.6. The molecule has 2 heterocycles. The molecule has 2 saturated heterocycles. The van der Waals surface area contributed by atoms with E-state index < -0.39 is 4.92 Å². The van der Waals surface area contributed by atoms with Crippen molar-refractivity contribution in [3.63, 3.8) is 0 Å². The number of amides is 2. The Bertz CT molecular complexity index is 631. The Morgan fingerprint density at radius 1 is 1.33 bits per heavy atom. The molecular weight excluding hydrogens is 312 g/mol. The van der Waals surface area contributed by atoms with Crippen molar-refractivity contribution in [2.24, 2.45) is 0 Å². The van der Waals surface area contributed by atoms with Crippen molar-refractivity contribution in [1.29, 1.82) is 0 Å². The molecule has 130 valence electrons. The molecule has 3 rings (SSSR count). The van der Waals surface area contributed by atoms with Gasteiger partial charge in [-0.05, 0) is 38.4 Å². The van der Waals surface area contributed by atoms with Crippen molar-refractivity contribution in [2.45, 2.75) is 25.3 Å². The summed E-state index contributed by atoms with van der Waals surface area (Å²) in [6.07, 6.45) is 3.43. The standard InChI is InChI=1S/C16H22N4O4/c1-24-15-5-4-12(20(22)23)10-14(15)17-16(21)19-9-6-13(11-19)18-7-2-3-8-18/h4-5,10,13H,2-3,6-9,11H2,1H3,(H,17,21)/t13-/m0/s1. The van der Waals surface area contributed by atoms with Gasteiger partial charge in [-0.1, -0.05) is 0 Å². The van der Waals surface area contributed by atoms with E-state index in [1.165, 1.54) is 38.2 Å². The summed E-state index contributed by atoms with van der Waals surface area (Å²) in [6, 6.07) is 4.35. The fraction of sp³-hybridized carbons (Fsp3) is 0.562. The summed E-state index contributed by atoms with van der Waals surface area (Å²) in [7, 11) is 1.47. The summed E-state index contributed by atoms with van der Waals surface area (Å²) in [5, 5.41) is 13.7. The van der Waals surface area contributed by atoms with Crippen LogP contribution in [-0.2, 0) is 0 Å². The molecule has 1 atom stereocenters. The lowest BCUT2D eigenvalue weighted by Gasteiger charge is -2.23. The Morgan fingerprint density at radius 2 is 2.08 bits per heavy atom. The molecule has 1 aromatic carbocycles. The smallest absolute Gasteiger partial charge is 0.322 e. The summed E-state index contributed by atoms with van der Waals surface area (Å²) in [6.45, 7) is 3.62. The number of urea groups is 1. The van der Waals surface area contributed by atoms with Crippen molar-refractivity contribution < 1.29 is 14.5 Å². The molecule has 1 N–H and O–H groups in total. The number of hydrogen-bond donors (Lipinski definition) is 1. The zero-order valence-corrected chi connectivity index (χ0v) is 13.7. The molecule has 0 aliphatic carbocycles. The quantitative estimate of drug-likeness (QED) is 0.674. The lowest BCUT2D eigenvalue weighted by molar-refractivity contribution is -0.384. The molecule has 0 aromatic heterocycles. The van der Waals surface area contributed by atoms with Gasteiger partial charge >= 0.3 is 6.03 Å². The van der Waals surface area contributed by atoms with Crippen LogP contribution in [0.15, 0.2) is 18.2 Å². The minimum atomic E-state index is -0.492. The number of non-ortho nitro benzene ring substituents is 1. The monoisotopic (exact) mass is 334 g/mol. The van der Waals surface area contributed by atoms with Crippen molar-refractivity contribution in [2.75, 3.05) is 38.6 Å². The molecular formula is C16H22N4O4. The van der Waals surface area contributed by atoms with E-state index >= 15 is 0 Å². The average Bonchev–Trinajstić information content (AvgIpc) is 3.25. The maximum absolute atomic E-state index is 12.5. The molecule has 2 amide bonds. The van der Waals surface area contributed by atoms with Crippen molar-refractivity contribution in [3.05, 3.63) is 28.3 Å². The average molecular weight is 334 g/mol. The van der Waals surface area contributed by atoms with E-state index in [0.717, 1.165) is 19.5 Å². The molecule has 1 aromatic rings. The number of hydrogen-bond acceptors (Lipinski definition) is 5. The van der Waals surface area contributed by atoms with Gasteiger partial charge in [-0.25, -0.2) is 4.79 Å². The summed E-state index contributed by atoms with van der Waals surface area (Å²) in [5.41, 5.74) is 0.240. The molecule has 8 nitrogen and oxygen atoms in total. The van der Waals surface area contributed by atoms with Gasteiger partial charge in [0.25, 0.3) is 5.69 Å². The SMILES string of the molecule is COc1ccc([N+](=O)[O-])cc1NC(=O)N1CC[C@H](N2CCCC2)C1. The van der Waals surface area contributed by atoms with Crippen LogP contribution in [0.3, 0.4) is 0 Å². The van der Waals surface area contributed by atoms with Gasteiger partial charge in [0.2, 0.25) is 0 Å². The van der Waals surface area contributed by atoms with Crippen LogP contribution < -0.4 is 10.1 Å². The largest absolute Gasteiger partial charge is 0.495 e. The van der Waals surface area contributed by atoms with Crippen LogP contribution in [0.2, 0.25) is 0 Å². The molecule has 0 spiro atoms. The number of ether oxygens (including phenoxy) is 1. The first-order valence-electron chi connectivity index (χ1n) is 8.21. The van der Waals surface area contributed by atoms with Gasteiger partial charge in [-0.3, -0.25) is 15.0 Å². The van der Waals surface area contributed by atoms with E-state index in [1.54, 1.807) is 4.90 Å². The van der Waals surface area contributed by atoms with Crippen molar-refractivity contribution >= 4 is 17.4 Å². The minimum Gasteiger partial charge on any atom is -0.495 e. The van der Waals surface area contributed by atoms with E-state index in [1.807, 2.05) is 0 Å². The number of likely N-dealkylation sites (tertiary alicyclic amines) is 2. The first kappa shape index (κ1) is 16.5. The van der Waals surface area contributed by atoms with E-state index in [0.29, 0.717) is 30.6 Å². The summed E-state index contributed by atoms with van der Waals surface area (Å²) in [4.78, 5) is 27.1. The maximum Gasteiger partial charge on any atom is 0.322 e. The highest BCUT2D eigenvalue weighted by molar-refractivity contribution is 5.91. The summed E-state index contributed by atoms with van der Waals surface area (Å²) >= 11 is 0. The van der Waals surface area contributed by atoms with E-state index in [4.69, 9.17) is 4.74 Å². The van der Waals surface area contributed by atoms with Gasteiger partial charge in [0.15, 0.2) is 0 Å². The molecule has 0 saturated carbocycles.